The molecule has 0 spiro atoms. The fraction of sp³-hybridized carbons (Fsp3) is 0.222. The van der Waals surface area contributed by atoms with E-state index >= 15 is 0 Å². The number of nitrogens with one attached hydrogen (secondary N) is 1. The van der Waals surface area contributed by atoms with Crippen molar-refractivity contribution in [2.75, 3.05) is 18.8 Å². The largest absolute Gasteiger partial charge is 0.507 e. The SMILES string of the molecule is CN(C)S(=O)(=O)Nc1ccc(O)c(C(=O)O)c1. The molecule has 0 amide bonds. The van der Waals surface area contributed by atoms with Crippen molar-refractivity contribution in [3.8, 4) is 5.75 Å². The van der Waals surface area contributed by atoms with E-state index in [0.29, 0.717) is 0 Å². The van der Waals surface area contributed by atoms with Gasteiger partial charge in [-0.05, 0) is 18.2 Å². The average Bonchev–Trinajstić information content (AvgIpc) is 2.20. The van der Waals surface area contributed by atoms with Crippen LogP contribution in [0.1, 0.15) is 10.4 Å². The highest BCUT2D eigenvalue weighted by molar-refractivity contribution is 7.90. The summed E-state index contributed by atoms with van der Waals surface area (Å²) in [5.41, 5.74) is -0.308. The highest BCUT2D eigenvalue weighted by Gasteiger charge is 2.15. The van der Waals surface area contributed by atoms with Crippen LogP contribution in [0.3, 0.4) is 0 Å². The lowest BCUT2D eigenvalue weighted by Crippen LogP contribution is -2.28. The number of nitrogens with zero attached hydrogens (tertiary/aromatic N) is 1. The number of phenols is 1. The zero-order valence-corrected chi connectivity index (χ0v) is 10.0. The minimum Gasteiger partial charge on any atom is -0.507 e. The molecule has 17 heavy (non-hydrogen) atoms. The summed E-state index contributed by atoms with van der Waals surface area (Å²) in [5, 5.41) is 18.0. The van der Waals surface area contributed by atoms with E-state index in [-0.39, 0.29) is 11.3 Å². The number of carboxylic acid groups (broad SMARTS) is 1. The van der Waals surface area contributed by atoms with E-state index in [1.807, 2.05) is 0 Å². The number of aromatic carboxylic acids is 1. The molecule has 0 saturated heterocycles. The quantitative estimate of drug-likeness (QED) is 0.675. The normalized spacial score (nSPS) is 11.5. The maximum absolute atomic E-state index is 11.5. The molecule has 0 saturated carbocycles. The Balaban J connectivity index is 3.10. The van der Waals surface area contributed by atoms with Crippen molar-refractivity contribution >= 4 is 21.9 Å². The smallest absolute Gasteiger partial charge is 0.339 e. The van der Waals surface area contributed by atoms with Crippen LogP contribution in [-0.2, 0) is 10.2 Å². The van der Waals surface area contributed by atoms with Gasteiger partial charge < -0.3 is 10.2 Å². The Labute approximate surface area is 98.5 Å². The minimum atomic E-state index is -3.70. The van der Waals surface area contributed by atoms with Gasteiger partial charge in [0.05, 0.1) is 5.69 Å². The van der Waals surface area contributed by atoms with Gasteiger partial charge in [-0.1, -0.05) is 0 Å². The Morgan fingerprint density at radius 1 is 1.35 bits per heavy atom. The number of hydrogen-bond donors (Lipinski definition) is 3. The molecule has 94 valence electrons. The van der Waals surface area contributed by atoms with Crippen LogP contribution in [0, 0.1) is 0 Å². The van der Waals surface area contributed by atoms with Crippen molar-refractivity contribution in [3.63, 3.8) is 0 Å². The standard InChI is InChI=1S/C9H12N2O5S/c1-11(2)17(15,16)10-6-3-4-8(12)7(5-6)9(13)14/h3-5,10,12H,1-2H3,(H,13,14). The topological polar surface area (TPSA) is 107 Å². The van der Waals surface area contributed by atoms with Gasteiger partial charge in [-0.3, -0.25) is 4.72 Å². The molecule has 3 N–H and O–H groups in total. The molecule has 0 heterocycles. The van der Waals surface area contributed by atoms with Crippen LogP contribution < -0.4 is 4.72 Å². The van der Waals surface area contributed by atoms with Gasteiger partial charge in [0.2, 0.25) is 0 Å². The van der Waals surface area contributed by atoms with Gasteiger partial charge in [-0.25, -0.2) is 4.79 Å². The van der Waals surface area contributed by atoms with Crippen molar-refractivity contribution in [2.45, 2.75) is 0 Å². The average molecular weight is 260 g/mol. The lowest BCUT2D eigenvalue weighted by molar-refractivity contribution is 0.0694. The first-order chi connectivity index (χ1) is 7.74. The van der Waals surface area contributed by atoms with E-state index in [4.69, 9.17) is 5.11 Å². The molecule has 7 nitrogen and oxygen atoms in total. The molecule has 1 aromatic carbocycles. The van der Waals surface area contributed by atoms with Crippen LogP contribution in [0.4, 0.5) is 5.69 Å². The highest BCUT2D eigenvalue weighted by atomic mass is 32.2. The molecule has 0 aliphatic heterocycles. The number of rotatable bonds is 4. The molecular weight excluding hydrogens is 248 g/mol. The number of carbonyl (C=O) groups is 1. The zero-order chi connectivity index (χ0) is 13.2. The fourth-order valence-corrected chi connectivity index (χ4v) is 1.62. The molecule has 8 heteroatoms. The Morgan fingerprint density at radius 3 is 2.41 bits per heavy atom. The van der Waals surface area contributed by atoms with E-state index in [0.717, 1.165) is 16.4 Å². The first-order valence-electron chi connectivity index (χ1n) is 4.50. The van der Waals surface area contributed by atoms with Crippen LogP contribution in [0.25, 0.3) is 0 Å². The predicted molar refractivity (Wildman–Crippen MR) is 61.3 cm³/mol. The molecule has 0 unspecified atom stereocenters. The van der Waals surface area contributed by atoms with Gasteiger partial charge >= 0.3 is 16.2 Å². The van der Waals surface area contributed by atoms with Crippen LogP contribution in [0.15, 0.2) is 18.2 Å². The second kappa shape index (κ2) is 4.60. The van der Waals surface area contributed by atoms with Crippen LogP contribution in [0.2, 0.25) is 0 Å². The molecular formula is C9H12N2O5S. The molecule has 1 aromatic rings. The molecule has 0 aromatic heterocycles. The molecule has 0 atom stereocenters. The second-order valence-corrected chi connectivity index (χ2v) is 5.31. The molecule has 0 radical (unpaired) electrons. The number of hydrogen-bond acceptors (Lipinski definition) is 4. The third-order valence-corrected chi connectivity index (χ3v) is 3.41. The first-order valence-corrected chi connectivity index (χ1v) is 5.94. The summed E-state index contributed by atoms with van der Waals surface area (Å²) in [5.74, 6) is -1.77. The molecule has 0 aliphatic carbocycles. The second-order valence-electron chi connectivity index (χ2n) is 3.43. The van der Waals surface area contributed by atoms with Gasteiger partial charge in [0.1, 0.15) is 11.3 Å². The molecule has 0 fully saturated rings. The van der Waals surface area contributed by atoms with Gasteiger partial charge in [-0.15, -0.1) is 0 Å². The Hall–Kier alpha value is -1.80. The number of carboxylic acids is 1. The van der Waals surface area contributed by atoms with E-state index in [1.54, 1.807) is 0 Å². The van der Waals surface area contributed by atoms with Crippen molar-refractivity contribution in [2.24, 2.45) is 0 Å². The van der Waals surface area contributed by atoms with Crippen LogP contribution in [0.5, 0.6) is 5.75 Å². The lowest BCUT2D eigenvalue weighted by atomic mass is 10.2. The fourth-order valence-electron chi connectivity index (χ4n) is 1.01. The number of benzene rings is 1. The highest BCUT2D eigenvalue weighted by Crippen LogP contribution is 2.22. The van der Waals surface area contributed by atoms with Crippen molar-refractivity contribution in [1.82, 2.24) is 4.31 Å². The van der Waals surface area contributed by atoms with Gasteiger partial charge in [0.25, 0.3) is 0 Å². The van der Waals surface area contributed by atoms with E-state index in [1.165, 1.54) is 20.2 Å². The van der Waals surface area contributed by atoms with Gasteiger partial charge in [0.15, 0.2) is 0 Å². The third-order valence-electron chi connectivity index (χ3n) is 1.95. The monoisotopic (exact) mass is 260 g/mol. The van der Waals surface area contributed by atoms with Crippen molar-refractivity contribution in [3.05, 3.63) is 23.8 Å². The number of anilines is 1. The summed E-state index contributed by atoms with van der Waals surface area (Å²) >= 11 is 0. The zero-order valence-electron chi connectivity index (χ0n) is 9.21. The number of aromatic hydroxyl groups is 1. The van der Waals surface area contributed by atoms with Gasteiger partial charge in [0, 0.05) is 14.1 Å². The minimum absolute atomic E-state index is 0.0638. The first kappa shape index (κ1) is 13.3. The lowest BCUT2D eigenvalue weighted by Gasteiger charge is -2.13. The summed E-state index contributed by atoms with van der Waals surface area (Å²) < 4.78 is 26.1. The summed E-state index contributed by atoms with van der Waals surface area (Å²) in [6.45, 7) is 0. The van der Waals surface area contributed by atoms with E-state index < -0.39 is 21.9 Å². The third kappa shape index (κ3) is 3.08. The van der Waals surface area contributed by atoms with Crippen molar-refractivity contribution < 1.29 is 23.4 Å². The van der Waals surface area contributed by atoms with Crippen molar-refractivity contribution in [1.29, 1.82) is 0 Å². The molecule has 1 rings (SSSR count). The molecule has 0 aliphatic rings. The van der Waals surface area contributed by atoms with E-state index in [2.05, 4.69) is 4.72 Å². The van der Waals surface area contributed by atoms with Crippen LogP contribution in [-0.4, -0.2) is 43.0 Å². The maximum atomic E-state index is 11.5. The summed E-state index contributed by atoms with van der Waals surface area (Å²) in [7, 11) is -1.03. The van der Waals surface area contributed by atoms with E-state index in [9.17, 15) is 18.3 Å². The maximum Gasteiger partial charge on any atom is 0.339 e. The summed E-state index contributed by atoms with van der Waals surface area (Å²) in [4.78, 5) is 10.7. The Kier molecular flexibility index (Phi) is 3.59. The Morgan fingerprint density at radius 2 is 1.94 bits per heavy atom. The predicted octanol–water partition coefficient (Wildman–Crippen LogP) is 0.309. The molecule has 0 bridgehead atoms. The summed E-state index contributed by atoms with van der Waals surface area (Å²) in [6.07, 6.45) is 0. The van der Waals surface area contributed by atoms with Crippen LogP contribution >= 0.6 is 0 Å². The van der Waals surface area contributed by atoms with Gasteiger partial charge in [-0.2, -0.15) is 12.7 Å². The Bertz CT molecular complexity index is 538. The summed E-state index contributed by atoms with van der Waals surface area (Å²) in [6, 6.07) is 3.42.